The van der Waals surface area contributed by atoms with E-state index in [0.29, 0.717) is 5.75 Å². The van der Waals surface area contributed by atoms with Gasteiger partial charge in [-0.2, -0.15) is 0 Å². The standard InChI is InChI=1S/C16H14ClN3O5/c1-25-12-5-2-10(3-6-12)8-15(21)18-19-16(22)11-4-7-13(17)14(9-11)20(23)24/h2-7,9H,8H2,1H3,(H,18,21)(H,19,22). The Balaban J connectivity index is 1.93. The molecule has 0 atom stereocenters. The molecule has 0 aliphatic carbocycles. The van der Waals surface area contributed by atoms with Crippen molar-refractivity contribution >= 4 is 29.1 Å². The molecular formula is C16H14ClN3O5. The van der Waals surface area contributed by atoms with Crippen LogP contribution >= 0.6 is 11.6 Å². The molecule has 0 fully saturated rings. The molecule has 9 heteroatoms. The summed E-state index contributed by atoms with van der Waals surface area (Å²) < 4.78 is 5.02. The highest BCUT2D eigenvalue weighted by Crippen LogP contribution is 2.24. The zero-order valence-corrected chi connectivity index (χ0v) is 13.9. The fourth-order valence-electron chi connectivity index (χ4n) is 1.97. The first-order valence-electron chi connectivity index (χ1n) is 7.06. The highest BCUT2D eigenvalue weighted by molar-refractivity contribution is 6.32. The molecule has 0 aliphatic heterocycles. The first-order chi connectivity index (χ1) is 11.9. The zero-order chi connectivity index (χ0) is 18.4. The van der Waals surface area contributed by atoms with Gasteiger partial charge in [0.05, 0.1) is 18.5 Å². The second-order valence-electron chi connectivity index (χ2n) is 4.95. The topological polar surface area (TPSA) is 111 Å². The molecule has 0 bridgehead atoms. The van der Waals surface area contributed by atoms with Crippen LogP contribution < -0.4 is 15.6 Å². The quantitative estimate of drug-likeness (QED) is 0.625. The zero-order valence-electron chi connectivity index (χ0n) is 13.1. The van der Waals surface area contributed by atoms with Crippen molar-refractivity contribution in [1.29, 1.82) is 0 Å². The number of ether oxygens (including phenoxy) is 1. The maximum atomic E-state index is 12.0. The molecule has 2 aromatic carbocycles. The van der Waals surface area contributed by atoms with Crippen molar-refractivity contribution in [3.8, 4) is 5.75 Å². The molecule has 0 aliphatic rings. The first-order valence-corrected chi connectivity index (χ1v) is 7.44. The fourth-order valence-corrected chi connectivity index (χ4v) is 2.15. The van der Waals surface area contributed by atoms with Crippen LogP contribution in [0.4, 0.5) is 5.69 Å². The third-order valence-electron chi connectivity index (χ3n) is 3.24. The second-order valence-corrected chi connectivity index (χ2v) is 5.36. The molecule has 2 rings (SSSR count). The van der Waals surface area contributed by atoms with E-state index in [1.807, 2.05) is 0 Å². The Morgan fingerprint density at radius 1 is 1.16 bits per heavy atom. The highest BCUT2D eigenvalue weighted by Gasteiger charge is 2.16. The molecule has 25 heavy (non-hydrogen) atoms. The van der Waals surface area contributed by atoms with Crippen LogP contribution in [-0.4, -0.2) is 23.8 Å². The third-order valence-corrected chi connectivity index (χ3v) is 3.56. The summed E-state index contributed by atoms with van der Waals surface area (Å²) >= 11 is 5.68. The van der Waals surface area contributed by atoms with Gasteiger partial charge in [-0.15, -0.1) is 0 Å². The SMILES string of the molecule is COc1ccc(CC(=O)NNC(=O)c2ccc(Cl)c([N+](=O)[O-])c2)cc1. The maximum Gasteiger partial charge on any atom is 0.288 e. The number of amides is 2. The number of hydrazine groups is 1. The first kappa shape index (κ1) is 18.2. The molecule has 0 unspecified atom stereocenters. The van der Waals surface area contributed by atoms with E-state index in [1.54, 1.807) is 31.4 Å². The Hall–Kier alpha value is -3.13. The van der Waals surface area contributed by atoms with Crippen molar-refractivity contribution in [3.05, 3.63) is 68.7 Å². The number of hydrogen-bond donors (Lipinski definition) is 2. The Morgan fingerprint density at radius 3 is 2.44 bits per heavy atom. The molecule has 2 amide bonds. The van der Waals surface area contributed by atoms with E-state index in [0.717, 1.165) is 11.6 Å². The average Bonchev–Trinajstić information content (AvgIpc) is 2.60. The number of nitrogens with zero attached hydrogens (tertiary/aromatic N) is 1. The number of nitro groups is 1. The number of halogens is 1. The Morgan fingerprint density at radius 2 is 1.84 bits per heavy atom. The van der Waals surface area contributed by atoms with Gasteiger partial charge in [0, 0.05) is 11.6 Å². The molecule has 0 aromatic heterocycles. The number of carbonyl (C=O) groups is 2. The van der Waals surface area contributed by atoms with Crippen molar-refractivity contribution < 1.29 is 19.2 Å². The monoisotopic (exact) mass is 363 g/mol. The molecule has 0 saturated heterocycles. The van der Waals surface area contributed by atoms with Crippen LogP contribution in [0.2, 0.25) is 5.02 Å². The maximum absolute atomic E-state index is 12.0. The normalized spacial score (nSPS) is 10.0. The van der Waals surface area contributed by atoms with Gasteiger partial charge in [-0.1, -0.05) is 23.7 Å². The Bertz CT molecular complexity index is 808. The Labute approximate surface area is 147 Å². The third kappa shape index (κ3) is 4.92. The second kappa shape index (κ2) is 8.11. The van der Waals surface area contributed by atoms with Gasteiger partial charge in [-0.3, -0.25) is 30.6 Å². The number of benzene rings is 2. The van der Waals surface area contributed by atoms with Gasteiger partial charge in [0.2, 0.25) is 5.91 Å². The van der Waals surface area contributed by atoms with Crippen molar-refractivity contribution in [3.63, 3.8) is 0 Å². The summed E-state index contributed by atoms with van der Waals surface area (Å²) in [6.07, 6.45) is 0.0467. The fraction of sp³-hybridized carbons (Fsp3) is 0.125. The molecular weight excluding hydrogens is 350 g/mol. The Kier molecular flexibility index (Phi) is 5.91. The van der Waals surface area contributed by atoms with Gasteiger partial charge in [0.25, 0.3) is 11.6 Å². The highest BCUT2D eigenvalue weighted by atomic mass is 35.5. The van der Waals surface area contributed by atoms with Crippen LogP contribution in [0.25, 0.3) is 0 Å². The van der Waals surface area contributed by atoms with Gasteiger partial charge in [-0.05, 0) is 29.8 Å². The van der Waals surface area contributed by atoms with Crippen LogP contribution in [-0.2, 0) is 11.2 Å². The van der Waals surface area contributed by atoms with E-state index in [1.165, 1.54) is 12.1 Å². The summed E-state index contributed by atoms with van der Waals surface area (Å²) in [7, 11) is 1.54. The van der Waals surface area contributed by atoms with Gasteiger partial charge >= 0.3 is 0 Å². The summed E-state index contributed by atoms with van der Waals surface area (Å²) in [4.78, 5) is 33.9. The smallest absolute Gasteiger partial charge is 0.288 e. The van der Waals surface area contributed by atoms with Gasteiger partial charge in [0.1, 0.15) is 10.8 Å². The van der Waals surface area contributed by atoms with E-state index in [-0.39, 0.29) is 22.7 Å². The summed E-state index contributed by atoms with van der Waals surface area (Å²) in [5.74, 6) is -0.466. The van der Waals surface area contributed by atoms with Crippen molar-refractivity contribution in [2.75, 3.05) is 7.11 Å². The number of nitro benzene ring substituents is 1. The van der Waals surface area contributed by atoms with Crippen LogP contribution in [0, 0.1) is 10.1 Å². The molecule has 0 spiro atoms. The summed E-state index contributed by atoms with van der Waals surface area (Å²) in [6.45, 7) is 0. The van der Waals surface area contributed by atoms with E-state index in [4.69, 9.17) is 16.3 Å². The van der Waals surface area contributed by atoms with Crippen LogP contribution in [0.15, 0.2) is 42.5 Å². The lowest BCUT2D eigenvalue weighted by atomic mass is 10.1. The molecule has 0 radical (unpaired) electrons. The molecule has 2 aromatic rings. The minimum Gasteiger partial charge on any atom is -0.497 e. The lowest BCUT2D eigenvalue weighted by molar-refractivity contribution is -0.384. The lowest BCUT2D eigenvalue weighted by Crippen LogP contribution is -2.42. The van der Waals surface area contributed by atoms with E-state index in [2.05, 4.69) is 10.9 Å². The van der Waals surface area contributed by atoms with Crippen molar-refractivity contribution in [2.45, 2.75) is 6.42 Å². The average molecular weight is 364 g/mol. The lowest BCUT2D eigenvalue weighted by Gasteiger charge is -2.08. The molecule has 2 N–H and O–H groups in total. The minimum atomic E-state index is -0.693. The molecule has 0 heterocycles. The largest absolute Gasteiger partial charge is 0.497 e. The number of nitrogens with one attached hydrogen (secondary N) is 2. The predicted octanol–water partition coefficient (Wildman–Crippen LogP) is 2.26. The van der Waals surface area contributed by atoms with Gasteiger partial charge in [0.15, 0.2) is 0 Å². The summed E-state index contributed by atoms with van der Waals surface area (Å²) in [5, 5.41) is 10.7. The molecule has 130 valence electrons. The summed E-state index contributed by atoms with van der Waals surface area (Å²) in [5.41, 5.74) is 4.79. The van der Waals surface area contributed by atoms with Crippen LogP contribution in [0.5, 0.6) is 5.75 Å². The summed E-state index contributed by atoms with van der Waals surface area (Å²) in [6, 6.07) is 10.5. The van der Waals surface area contributed by atoms with Crippen molar-refractivity contribution in [1.82, 2.24) is 10.9 Å². The molecule has 8 nitrogen and oxygen atoms in total. The number of hydrogen-bond acceptors (Lipinski definition) is 5. The van der Waals surface area contributed by atoms with E-state index in [9.17, 15) is 19.7 Å². The number of methoxy groups -OCH3 is 1. The van der Waals surface area contributed by atoms with Gasteiger partial charge < -0.3 is 4.74 Å². The molecule has 0 saturated carbocycles. The number of rotatable bonds is 5. The van der Waals surface area contributed by atoms with E-state index < -0.39 is 16.7 Å². The minimum absolute atomic E-state index is 0.000785. The van der Waals surface area contributed by atoms with Crippen LogP contribution in [0.1, 0.15) is 15.9 Å². The number of carbonyl (C=O) groups excluding carboxylic acids is 2. The van der Waals surface area contributed by atoms with E-state index >= 15 is 0 Å². The van der Waals surface area contributed by atoms with Crippen LogP contribution in [0.3, 0.4) is 0 Å². The van der Waals surface area contributed by atoms with Gasteiger partial charge in [-0.25, -0.2) is 0 Å². The van der Waals surface area contributed by atoms with Crippen molar-refractivity contribution in [2.24, 2.45) is 0 Å². The predicted molar refractivity (Wildman–Crippen MR) is 90.4 cm³/mol.